The third-order valence-corrected chi connectivity index (χ3v) is 3.14. The Labute approximate surface area is 116 Å². The zero-order valence-corrected chi connectivity index (χ0v) is 11.2. The van der Waals surface area contributed by atoms with E-state index in [2.05, 4.69) is 21.2 Å². The summed E-state index contributed by atoms with van der Waals surface area (Å²) in [6, 6.07) is 6.31. The highest BCUT2D eigenvalue weighted by Crippen LogP contribution is 2.26. The minimum atomic E-state index is -0.587. The molecule has 2 rings (SSSR count). The molecule has 0 saturated carbocycles. The van der Waals surface area contributed by atoms with Gasteiger partial charge in [-0.15, -0.1) is 0 Å². The van der Waals surface area contributed by atoms with Crippen LogP contribution in [-0.2, 0) is 6.54 Å². The predicted octanol–water partition coefficient (Wildman–Crippen LogP) is 3.75. The van der Waals surface area contributed by atoms with E-state index in [-0.39, 0.29) is 28.2 Å². The van der Waals surface area contributed by atoms with Gasteiger partial charge in [0.15, 0.2) is 11.5 Å². The van der Waals surface area contributed by atoms with Gasteiger partial charge in [0.2, 0.25) is 0 Å². The molecule has 2 aromatic carbocycles. The van der Waals surface area contributed by atoms with Crippen LogP contribution in [0.25, 0.3) is 0 Å². The molecule has 0 atom stereocenters. The Bertz CT molecular complexity index is 620. The van der Waals surface area contributed by atoms with Gasteiger partial charge in [-0.1, -0.05) is 6.07 Å². The highest BCUT2D eigenvalue weighted by molar-refractivity contribution is 9.10. The molecule has 19 heavy (non-hydrogen) atoms. The van der Waals surface area contributed by atoms with Gasteiger partial charge in [0.25, 0.3) is 0 Å². The first-order valence-corrected chi connectivity index (χ1v) is 6.16. The normalized spacial score (nSPS) is 10.5. The molecule has 6 heteroatoms. The van der Waals surface area contributed by atoms with Gasteiger partial charge in [-0.25, -0.2) is 8.78 Å². The third-order valence-electron chi connectivity index (χ3n) is 2.53. The lowest BCUT2D eigenvalue weighted by Gasteiger charge is -2.09. The van der Waals surface area contributed by atoms with E-state index in [1.54, 1.807) is 6.07 Å². The maximum absolute atomic E-state index is 13.5. The summed E-state index contributed by atoms with van der Waals surface area (Å²) in [7, 11) is 0. The molecule has 0 saturated heterocycles. The Morgan fingerprint density at radius 1 is 1.00 bits per heavy atom. The summed E-state index contributed by atoms with van der Waals surface area (Å²) in [6.07, 6.45) is 0. The van der Waals surface area contributed by atoms with E-state index >= 15 is 0 Å². The molecule has 0 aliphatic carbocycles. The topological polar surface area (TPSA) is 52.5 Å². The molecule has 0 fully saturated rings. The molecule has 0 amide bonds. The maximum Gasteiger partial charge on any atom is 0.157 e. The number of benzene rings is 2. The first-order valence-electron chi connectivity index (χ1n) is 5.36. The molecule has 3 N–H and O–H groups in total. The van der Waals surface area contributed by atoms with Crippen LogP contribution in [-0.4, -0.2) is 10.2 Å². The quantitative estimate of drug-likeness (QED) is 0.593. The number of anilines is 1. The second-order valence-electron chi connectivity index (χ2n) is 3.92. The molecular formula is C13H10BrF2NO2. The number of halogens is 3. The van der Waals surface area contributed by atoms with Gasteiger partial charge in [0.1, 0.15) is 11.6 Å². The molecule has 2 aromatic rings. The zero-order chi connectivity index (χ0) is 14.0. The van der Waals surface area contributed by atoms with Crippen molar-refractivity contribution in [1.29, 1.82) is 0 Å². The maximum atomic E-state index is 13.5. The van der Waals surface area contributed by atoms with Crippen molar-refractivity contribution in [3.8, 4) is 11.5 Å². The Morgan fingerprint density at radius 2 is 1.74 bits per heavy atom. The highest BCUT2D eigenvalue weighted by atomic mass is 79.9. The number of nitrogens with one attached hydrogen (secondary N) is 1. The number of rotatable bonds is 3. The van der Waals surface area contributed by atoms with E-state index in [1.165, 1.54) is 12.1 Å². The van der Waals surface area contributed by atoms with Crippen molar-refractivity contribution in [2.75, 3.05) is 5.32 Å². The summed E-state index contributed by atoms with van der Waals surface area (Å²) in [5.41, 5.74) is 0.645. The molecule has 100 valence electrons. The van der Waals surface area contributed by atoms with E-state index in [9.17, 15) is 13.9 Å². The minimum Gasteiger partial charge on any atom is -0.504 e. The van der Waals surface area contributed by atoms with Crippen molar-refractivity contribution >= 4 is 21.6 Å². The van der Waals surface area contributed by atoms with Crippen LogP contribution in [0.3, 0.4) is 0 Å². The van der Waals surface area contributed by atoms with E-state index in [1.807, 2.05) is 0 Å². The lowest BCUT2D eigenvalue weighted by Crippen LogP contribution is -2.02. The fourth-order valence-corrected chi connectivity index (χ4v) is 1.85. The predicted molar refractivity (Wildman–Crippen MR) is 71.2 cm³/mol. The summed E-state index contributed by atoms with van der Waals surface area (Å²) >= 11 is 2.89. The van der Waals surface area contributed by atoms with Gasteiger partial charge in [0.05, 0.1) is 10.2 Å². The van der Waals surface area contributed by atoms with Crippen LogP contribution >= 0.6 is 15.9 Å². The average molecular weight is 330 g/mol. The van der Waals surface area contributed by atoms with Gasteiger partial charge >= 0.3 is 0 Å². The van der Waals surface area contributed by atoms with Crippen molar-refractivity contribution in [2.24, 2.45) is 0 Å². The average Bonchev–Trinajstić information content (AvgIpc) is 2.36. The van der Waals surface area contributed by atoms with Crippen molar-refractivity contribution in [3.05, 3.63) is 52.0 Å². The largest absolute Gasteiger partial charge is 0.504 e. The summed E-state index contributed by atoms with van der Waals surface area (Å²) in [4.78, 5) is 0. The molecule has 3 nitrogen and oxygen atoms in total. The second-order valence-corrected chi connectivity index (χ2v) is 4.78. The highest BCUT2D eigenvalue weighted by Gasteiger charge is 2.08. The Morgan fingerprint density at radius 3 is 2.42 bits per heavy atom. The van der Waals surface area contributed by atoms with E-state index in [0.29, 0.717) is 5.56 Å². The smallest absolute Gasteiger partial charge is 0.157 e. The van der Waals surface area contributed by atoms with Crippen LogP contribution in [0.1, 0.15) is 5.56 Å². The van der Waals surface area contributed by atoms with Gasteiger partial charge in [-0.2, -0.15) is 0 Å². The summed E-state index contributed by atoms with van der Waals surface area (Å²) < 4.78 is 26.9. The Hall–Kier alpha value is -1.82. The number of aromatic hydroxyl groups is 2. The summed E-state index contributed by atoms with van der Waals surface area (Å²) in [6.45, 7) is 0.186. The van der Waals surface area contributed by atoms with E-state index in [0.717, 1.165) is 12.1 Å². The standard InChI is InChI=1S/C13H10BrF2NO2/c14-8-4-10(16)11(5-9(8)15)17-6-7-1-2-12(18)13(19)3-7/h1-5,17-19H,6H2. The Balaban J connectivity index is 2.14. The summed E-state index contributed by atoms with van der Waals surface area (Å²) in [5.74, 6) is -1.65. The molecule has 0 aliphatic heterocycles. The van der Waals surface area contributed by atoms with Gasteiger partial charge in [0, 0.05) is 12.6 Å². The molecule has 0 heterocycles. The molecule has 0 unspecified atom stereocenters. The van der Waals surface area contributed by atoms with Gasteiger partial charge in [-0.3, -0.25) is 0 Å². The lowest BCUT2D eigenvalue weighted by atomic mass is 10.2. The van der Waals surface area contributed by atoms with Crippen molar-refractivity contribution in [1.82, 2.24) is 0 Å². The zero-order valence-electron chi connectivity index (χ0n) is 9.62. The molecule has 0 spiro atoms. The first kappa shape index (κ1) is 13.6. The number of hydrogen-bond acceptors (Lipinski definition) is 3. The van der Waals surface area contributed by atoms with Crippen LogP contribution in [0.5, 0.6) is 11.5 Å². The van der Waals surface area contributed by atoms with Crippen LogP contribution in [0.2, 0.25) is 0 Å². The van der Waals surface area contributed by atoms with Crippen molar-refractivity contribution < 1.29 is 19.0 Å². The van der Waals surface area contributed by atoms with Crippen LogP contribution in [0.4, 0.5) is 14.5 Å². The van der Waals surface area contributed by atoms with E-state index < -0.39 is 11.6 Å². The molecule has 0 aromatic heterocycles. The number of phenolic OH excluding ortho intramolecular Hbond substituents is 2. The fraction of sp³-hybridized carbons (Fsp3) is 0.0769. The third kappa shape index (κ3) is 3.14. The van der Waals surface area contributed by atoms with Gasteiger partial charge < -0.3 is 15.5 Å². The van der Waals surface area contributed by atoms with Crippen LogP contribution < -0.4 is 5.32 Å². The van der Waals surface area contributed by atoms with Gasteiger partial charge in [-0.05, 0) is 39.7 Å². The molecular weight excluding hydrogens is 320 g/mol. The minimum absolute atomic E-state index is 0.0215. The fourth-order valence-electron chi connectivity index (χ4n) is 1.53. The molecule has 0 aliphatic rings. The van der Waals surface area contributed by atoms with Crippen LogP contribution in [0.15, 0.2) is 34.8 Å². The lowest BCUT2D eigenvalue weighted by molar-refractivity contribution is 0.403. The summed E-state index contributed by atoms with van der Waals surface area (Å²) in [5, 5.41) is 21.2. The van der Waals surface area contributed by atoms with Crippen LogP contribution in [0, 0.1) is 11.6 Å². The SMILES string of the molecule is Oc1ccc(CNc2cc(F)c(Br)cc2F)cc1O. The van der Waals surface area contributed by atoms with E-state index in [4.69, 9.17) is 5.11 Å². The first-order chi connectivity index (χ1) is 8.97. The van der Waals surface area contributed by atoms with Crippen molar-refractivity contribution in [2.45, 2.75) is 6.54 Å². The number of hydrogen-bond donors (Lipinski definition) is 3. The monoisotopic (exact) mass is 329 g/mol. The Kier molecular flexibility index (Phi) is 3.90. The second kappa shape index (κ2) is 5.44. The molecule has 0 radical (unpaired) electrons. The molecule has 0 bridgehead atoms. The number of phenols is 2. The van der Waals surface area contributed by atoms with Crippen molar-refractivity contribution in [3.63, 3.8) is 0 Å².